The molecule has 0 saturated heterocycles. The van der Waals surface area contributed by atoms with E-state index in [4.69, 9.17) is 0 Å². The van der Waals surface area contributed by atoms with Gasteiger partial charge in [0.25, 0.3) is 0 Å². The number of thiol groups is 1. The van der Waals surface area contributed by atoms with Crippen molar-refractivity contribution < 1.29 is 4.39 Å². The molecule has 0 bridgehead atoms. The summed E-state index contributed by atoms with van der Waals surface area (Å²) in [5.41, 5.74) is 0. The molecular formula is C6H7FS. The van der Waals surface area contributed by atoms with Gasteiger partial charge in [0.2, 0.25) is 0 Å². The zero-order valence-electron chi connectivity index (χ0n) is 4.39. The van der Waals surface area contributed by atoms with Gasteiger partial charge in [0.05, 0.1) is 0 Å². The van der Waals surface area contributed by atoms with Gasteiger partial charge in [-0.05, 0) is 6.42 Å². The summed E-state index contributed by atoms with van der Waals surface area (Å²) in [4.78, 5) is 0.483. The van der Waals surface area contributed by atoms with E-state index in [2.05, 4.69) is 12.6 Å². The standard InChI is InChI=1S/C6H7FS/c7-5-3-1-2-4-6(5)8/h2,4,8H,1,3H2. The number of halogens is 1. The monoisotopic (exact) mass is 130 g/mol. The van der Waals surface area contributed by atoms with Crippen LogP contribution >= 0.6 is 12.6 Å². The molecule has 0 saturated carbocycles. The van der Waals surface area contributed by atoms with E-state index in [0.29, 0.717) is 11.3 Å². The summed E-state index contributed by atoms with van der Waals surface area (Å²) in [6.45, 7) is 0. The van der Waals surface area contributed by atoms with Gasteiger partial charge >= 0.3 is 0 Å². The zero-order valence-corrected chi connectivity index (χ0v) is 5.29. The van der Waals surface area contributed by atoms with Crippen molar-refractivity contribution in [3.05, 3.63) is 22.9 Å². The number of rotatable bonds is 0. The molecule has 0 amide bonds. The molecule has 0 unspecified atom stereocenters. The van der Waals surface area contributed by atoms with E-state index < -0.39 is 0 Å². The summed E-state index contributed by atoms with van der Waals surface area (Å²) in [5, 5.41) is 0. The Morgan fingerprint density at radius 3 is 2.75 bits per heavy atom. The average Bonchev–Trinajstić information content (AvgIpc) is 1.77. The van der Waals surface area contributed by atoms with Crippen molar-refractivity contribution in [2.45, 2.75) is 12.8 Å². The van der Waals surface area contributed by atoms with Crippen molar-refractivity contribution in [3.8, 4) is 0 Å². The third-order valence-electron chi connectivity index (χ3n) is 1.08. The third kappa shape index (κ3) is 1.13. The van der Waals surface area contributed by atoms with E-state index >= 15 is 0 Å². The predicted molar refractivity (Wildman–Crippen MR) is 35.5 cm³/mol. The summed E-state index contributed by atoms with van der Waals surface area (Å²) < 4.78 is 12.3. The number of hydrogen-bond donors (Lipinski definition) is 1. The number of allylic oxidation sites excluding steroid dienone is 3. The van der Waals surface area contributed by atoms with E-state index in [1.54, 1.807) is 6.08 Å². The fraction of sp³-hybridized carbons (Fsp3) is 0.333. The zero-order chi connectivity index (χ0) is 5.98. The van der Waals surface area contributed by atoms with Crippen LogP contribution in [0.25, 0.3) is 0 Å². The van der Waals surface area contributed by atoms with Crippen molar-refractivity contribution >= 4 is 12.6 Å². The molecule has 1 aliphatic carbocycles. The maximum absolute atomic E-state index is 12.3. The summed E-state index contributed by atoms with van der Waals surface area (Å²) in [7, 11) is 0. The Bertz CT molecular complexity index is 147. The fourth-order valence-electron chi connectivity index (χ4n) is 0.624. The molecule has 0 aromatic heterocycles. The average molecular weight is 130 g/mol. The minimum Gasteiger partial charge on any atom is -0.211 e. The van der Waals surface area contributed by atoms with E-state index in [-0.39, 0.29) is 5.83 Å². The van der Waals surface area contributed by atoms with E-state index in [1.807, 2.05) is 6.08 Å². The Balaban J connectivity index is 2.76. The lowest BCUT2D eigenvalue weighted by atomic mass is 10.2. The molecule has 1 rings (SSSR count). The van der Waals surface area contributed by atoms with E-state index in [9.17, 15) is 4.39 Å². The van der Waals surface area contributed by atoms with Gasteiger partial charge in [0.1, 0.15) is 5.83 Å². The van der Waals surface area contributed by atoms with Gasteiger partial charge in [0, 0.05) is 11.3 Å². The van der Waals surface area contributed by atoms with Crippen LogP contribution in [0.4, 0.5) is 4.39 Å². The maximum Gasteiger partial charge on any atom is 0.113 e. The fourth-order valence-corrected chi connectivity index (χ4v) is 0.841. The summed E-state index contributed by atoms with van der Waals surface area (Å²) in [6.07, 6.45) is 4.96. The van der Waals surface area contributed by atoms with Crippen molar-refractivity contribution in [1.82, 2.24) is 0 Å². The van der Waals surface area contributed by atoms with Crippen LogP contribution in [0.5, 0.6) is 0 Å². The van der Waals surface area contributed by atoms with Gasteiger partial charge in [-0.25, -0.2) is 4.39 Å². The van der Waals surface area contributed by atoms with Crippen molar-refractivity contribution in [1.29, 1.82) is 0 Å². The molecule has 0 spiro atoms. The van der Waals surface area contributed by atoms with Gasteiger partial charge in [-0.1, -0.05) is 12.2 Å². The normalized spacial score (nSPS) is 19.8. The Morgan fingerprint density at radius 1 is 1.62 bits per heavy atom. The second-order valence-electron chi connectivity index (χ2n) is 1.73. The Morgan fingerprint density at radius 2 is 2.38 bits per heavy atom. The van der Waals surface area contributed by atoms with Crippen LogP contribution < -0.4 is 0 Å². The highest BCUT2D eigenvalue weighted by Crippen LogP contribution is 2.21. The highest BCUT2D eigenvalue weighted by molar-refractivity contribution is 7.84. The predicted octanol–water partition coefficient (Wildman–Crippen LogP) is 2.45. The van der Waals surface area contributed by atoms with Gasteiger partial charge in [0.15, 0.2) is 0 Å². The van der Waals surface area contributed by atoms with Gasteiger partial charge in [-0.2, -0.15) is 0 Å². The SMILES string of the molecule is FC1=C(S)C=CCC1. The van der Waals surface area contributed by atoms with Gasteiger partial charge in [-0.15, -0.1) is 12.6 Å². The van der Waals surface area contributed by atoms with Crippen LogP contribution in [0.15, 0.2) is 22.9 Å². The molecule has 1 aliphatic rings. The first-order valence-electron chi connectivity index (χ1n) is 2.55. The first kappa shape index (κ1) is 5.89. The molecule has 2 heteroatoms. The minimum atomic E-state index is -0.0872. The lowest BCUT2D eigenvalue weighted by molar-refractivity contribution is 0.585. The summed E-state index contributed by atoms with van der Waals surface area (Å²) >= 11 is 3.87. The molecule has 0 fully saturated rings. The molecule has 44 valence electrons. The minimum absolute atomic E-state index is 0.0872. The van der Waals surface area contributed by atoms with Crippen LogP contribution in [-0.2, 0) is 0 Å². The van der Waals surface area contributed by atoms with Crippen LogP contribution in [0.3, 0.4) is 0 Å². The lowest BCUT2D eigenvalue weighted by Gasteiger charge is -2.01. The summed E-state index contributed by atoms with van der Waals surface area (Å²) in [6, 6.07) is 0. The first-order chi connectivity index (χ1) is 3.80. The largest absolute Gasteiger partial charge is 0.211 e. The molecule has 0 radical (unpaired) electrons. The van der Waals surface area contributed by atoms with E-state index in [1.165, 1.54) is 0 Å². The van der Waals surface area contributed by atoms with Gasteiger partial charge < -0.3 is 0 Å². The first-order valence-corrected chi connectivity index (χ1v) is 2.99. The molecule has 0 aliphatic heterocycles. The van der Waals surface area contributed by atoms with Crippen LogP contribution in [0.2, 0.25) is 0 Å². The molecule has 0 aromatic rings. The van der Waals surface area contributed by atoms with Crippen LogP contribution in [0.1, 0.15) is 12.8 Å². The highest BCUT2D eigenvalue weighted by Gasteiger charge is 2.01. The molecular weight excluding hydrogens is 123 g/mol. The molecule has 0 heterocycles. The molecule has 8 heavy (non-hydrogen) atoms. The molecule has 0 N–H and O–H groups in total. The Kier molecular flexibility index (Phi) is 1.73. The molecule has 0 nitrogen and oxygen atoms in total. The van der Waals surface area contributed by atoms with Crippen LogP contribution in [-0.4, -0.2) is 0 Å². The third-order valence-corrected chi connectivity index (χ3v) is 1.48. The summed E-state index contributed by atoms with van der Waals surface area (Å²) in [5.74, 6) is -0.0872. The molecule has 0 atom stereocenters. The highest BCUT2D eigenvalue weighted by atomic mass is 32.1. The maximum atomic E-state index is 12.3. The number of hydrogen-bond acceptors (Lipinski definition) is 1. The smallest absolute Gasteiger partial charge is 0.113 e. The second kappa shape index (κ2) is 2.35. The van der Waals surface area contributed by atoms with Crippen molar-refractivity contribution in [3.63, 3.8) is 0 Å². The quantitative estimate of drug-likeness (QED) is 0.478. The van der Waals surface area contributed by atoms with Crippen molar-refractivity contribution in [2.75, 3.05) is 0 Å². The van der Waals surface area contributed by atoms with Crippen LogP contribution in [0, 0.1) is 0 Å². The topological polar surface area (TPSA) is 0 Å². The Labute approximate surface area is 53.5 Å². The van der Waals surface area contributed by atoms with Gasteiger partial charge in [-0.3, -0.25) is 0 Å². The second-order valence-corrected chi connectivity index (χ2v) is 2.21. The van der Waals surface area contributed by atoms with Crippen molar-refractivity contribution in [2.24, 2.45) is 0 Å². The van der Waals surface area contributed by atoms with E-state index in [0.717, 1.165) is 6.42 Å². The lowest BCUT2D eigenvalue weighted by Crippen LogP contribution is -1.82. The molecule has 0 aromatic carbocycles. The Hall–Kier alpha value is -0.240.